The van der Waals surface area contributed by atoms with Gasteiger partial charge in [-0.3, -0.25) is 4.79 Å². The second kappa shape index (κ2) is 7.53. The van der Waals surface area contributed by atoms with Gasteiger partial charge in [0.15, 0.2) is 5.82 Å². The molecular weight excluding hydrogens is 402 g/mol. The number of carbonyl (C=O) groups excluding carboxylic acids is 1. The summed E-state index contributed by atoms with van der Waals surface area (Å²) in [5.74, 6) is 1.26. The zero-order chi connectivity index (χ0) is 19.8. The summed E-state index contributed by atoms with van der Waals surface area (Å²) in [5.41, 5.74) is 3.76. The standard InChI is InChI=1S/C21H17N5OS2/c27-20-17(29-21(28)26-20)10-13-4-3-7-16(23-13)18-19(22-11-12-8-9-12)25-15-6-2-1-5-14(15)24-18/h1-7,10,12H,8-9,11H2,(H,22,25)(H,26,27,28). The van der Waals surface area contributed by atoms with E-state index in [1.807, 2.05) is 42.5 Å². The third-order valence-electron chi connectivity index (χ3n) is 4.76. The van der Waals surface area contributed by atoms with Gasteiger partial charge in [0.2, 0.25) is 0 Å². The summed E-state index contributed by atoms with van der Waals surface area (Å²) in [7, 11) is 0. The van der Waals surface area contributed by atoms with Crippen LogP contribution in [0.1, 0.15) is 18.5 Å². The third kappa shape index (κ3) is 3.99. The number of para-hydroxylation sites is 2. The van der Waals surface area contributed by atoms with E-state index in [4.69, 9.17) is 27.2 Å². The quantitative estimate of drug-likeness (QED) is 0.478. The minimum Gasteiger partial charge on any atom is -0.368 e. The number of nitrogens with one attached hydrogen (secondary N) is 2. The van der Waals surface area contributed by atoms with E-state index in [9.17, 15) is 4.79 Å². The van der Waals surface area contributed by atoms with E-state index in [0.29, 0.717) is 32.2 Å². The molecule has 1 aliphatic heterocycles. The highest BCUT2D eigenvalue weighted by Gasteiger charge is 2.23. The van der Waals surface area contributed by atoms with Crippen LogP contribution in [0.15, 0.2) is 47.4 Å². The monoisotopic (exact) mass is 419 g/mol. The lowest BCUT2D eigenvalue weighted by atomic mass is 10.2. The number of rotatable bonds is 5. The molecule has 0 bridgehead atoms. The van der Waals surface area contributed by atoms with E-state index < -0.39 is 0 Å². The Hall–Kier alpha value is -2.84. The van der Waals surface area contributed by atoms with Crippen molar-refractivity contribution >= 4 is 57.1 Å². The molecule has 0 atom stereocenters. The molecule has 6 nitrogen and oxygen atoms in total. The first-order valence-electron chi connectivity index (χ1n) is 9.39. The topological polar surface area (TPSA) is 79.8 Å². The van der Waals surface area contributed by atoms with E-state index >= 15 is 0 Å². The largest absolute Gasteiger partial charge is 0.368 e. The number of benzene rings is 1. The van der Waals surface area contributed by atoms with Crippen molar-refractivity contribution in [3.63, 3.8) is 0 Å². The summed E-state index contributed by atoms with van der Waals surface area (Å²) in [6.45, 7) is 0.887. The van der Waals surface area contributed by atoms with E-state index in [2.05, 4.69) is 10.6 Å². The van der Waals surface area contributed by atoms with Crippen molar-refractivity contribution in [2.24, 2.45) is 5.92 Å². The number of hydrogen-bond acceptors (Lipinski definition) is 7. The maximum atomic E-state index is 12.0. The van der Waals surface area contributed by atoms with Crippen molar-refractivity contribution in [2.75, 3.05) is 11.9 Å². The Balaban J connectivity index is 1.55. The summed E-state index contributed by atoms with van der Waals surface area (Å²) >= 11 is 6.30. The van der Waals surface area contributed by atoms with Gasteiger partial charge in [-0.05, 0) is 49.1 Å². The number of hydrogen-bond donors (Lipinski definition) is 2. The third-order valence-corrected chi connectivity index (χ3v) is 5.92. The first-order chi connectivity index (χ1) is 14.2. The van der Waals surface area contributed by atoms with Gasteiger partial charge in [-0.1, -0.05) is 42.2 Å². The number of amides is 1. The highest BCUT2D eigenvalue weighted by Crippen LogP contribution is 2.32. The molecule has 29 heavy (non-hydrogen) atoms. The second-order valence-corrected chi connectivity index (χ2v) is 8.75. The summed E-state index contributed by atoms with van der Waals surface area (Å²) in [6, 6.07) is 13.5. The van der Waals surface area contributed by atoms with Crippen LogP contribution in [-0.2, 0) is 4.79 Å². The van der Waals surface area contributed by atoms with E-state index in [-0.39, 0.29) is 5.91 Å². The van der Waals surface area contributed by atoms with Crippen molar-refractivity contribution in [1.29, 1.82) is 0 Å². The molecule has 1 saturated heterocycles. The Bertz CT molecular complexity index is 1170. The lowest BCUT2D eigenvalue weighted by Crippen LogP contribution is -2.17. The number of fused-ring (bicyclic) bond motifs is 1. The predicted molar refractivity (Wildman–Crippen MR) is 120 cm³/mol. The number of thioether (sulfide) groups is 1. The Morgan fingerprint density at radius 3 is 2.62 bits per heavy atom. The first kappa shape index (κ1) is 18.2. The van der Waals surface area contributed by atoms with Gasteiger partial charge >= 0.3 is 0 Å². The van der Waals surface area contributed by atoms with Crippen LogP contribution in [0.3, 0.4) is 0 Å². The first-order valence-corrected chi connectivity index (χ1v) is 10.6. The van der Waals surface area contributed by atoms with Crippen LogP contribution in [-0.4, -0.2) is 31.7 Å². The zero-order valence-corrected chi connectivity index (χ0v) is 17.0. The van der Waals surface area contributed by atoms with Gasteiger partial charge in [0.25, 0.3) is 5.91 Å². The van der Waals surface area contributed by atoms with E-state index in [1.165, 1.54) is 24.6 Å². The smallest absolute Gasteiger partial charge is 0.263 e. The molecule has 3 heterocycles. The molecular formula is C21H17N5OS2. The molecule has 2 fully saturated rings. The molecule has 1 amide bonds. The predicted octanol–water partition coefficient (Wildman–Crippen LogP) is 4.00. The van der Waals surface area contributed by atoms with Crippen LogP contribution in [0.2, 0.25) is 0 Å². The fourth-order valence-corrected chi connectivity index (χ4v) is 4.11. The van der Waals surface area contributed by atoms with Gasteiger partial charge in [0.1, 0.15) is 10.0 Å². The van der Waals surface area contributed by atoms with Crippen molar-refractivity contribution in [3.05, 3.63) is 53.1 Å². The Morgan fingerprint density at radius 1 is 1.10 bits per heavy atom. The highest BCUT2D eigenvalue weighted by atomic mass is 32.2. The van der Waals surface area contributed by atoms with E-state index in [1.54, 1.807) is 6.08 Å². The van der Waals surface area contributed by atoms with Gasteiger partial charge in [-0.25, -0.2) is 15.0 Å². The molecule has 2 aromatic heterocycles. The highest BCUT2D eigenvalue weighted by molar-refractivity contribution is 8.26. The molecule has 5 rings (SSSR count). The summed E-state index contributed by atoms with van der Waals surface area (Å²) < 4.78 is 0.462. The normalized spacial score (nSPS) is 17.7. The maximum absolute atomic E-state index is 12.0. The molecule has 1 aliphatic carbocycles. The number of nitrogens with zero attached hydrogens (tertiary/aromatic N) is 3. The number of pyridine rings is 1. The number of carbonyl (C=O) groups is 1. The van der Waals surface area contributed by atoms with Crippen LogP contribution < -0.4 is 10.6 Å². The van der Waals surface area contributed by atoms with Crippen molar-refractivity contribution in [3.8, 4) is 11.4 Å². The fourth-order valence-electron chi connectivity index (χ4n) is 3.08. The van der Waals surface area contributed by atoms with E-state index in [0.717, 1.165) is 23.4 Å². The average molecular weight is 420 g/mol. The minimum atomic E-state index is -0.190. The van der Waals surface area contributed by atoms with Crippen LogP contribution >= 0.6 is 24.0 Å². The van der Waals surface area contributed by atoms with Crippen molar-refractivity contribution in [1.82, 2.24) is 20.3 Å². The van der Waals surface area contributed by atoms with Crippen LogP contribution in [0.5, 0.6) is 0 Å². The second-order valence-electron chi connectivity index (χ2n) is 7.03. The summed E-state index contributed by atoms with van der Waals surface area (Å²) in [5, 5.41) is 6.08. The fraction of sp³-hybridized carbons (Fsp3) is 0.190. The summed E-state index contributed by atoms with van der Waals surface area (Å²) in [4.78, 5) is 26.8. The molecule has 144 valence electrons. The molecule has 0 radical (unpaired) electrons. The Kier molecular flexibility index (Phi) is 4.73. The minimum absolute atomic E-state index is 0.190. The van der Waals surface area contributed by atoms with Crippen molar-refractivity contribution in [2.45, 2.75) is 12.8 Å². The Labute approximate surface area is 177 Å². The summed E-state index contributed by atoms with van der Waals surface area (Å²) in [6.07, 6.45) is 4.26. The lowest BCUT2D eigenvalue weighted by Gasteiger charge is -2.11. The van der Waals surface area contributed by atoms with Gasteiger partial charge < -0.3 is 10.6 Å². The van der Waals surface area contributed by atoms with Gasteiger partial charge in [-0.15, -0.1) is 0 Å². The lowest BCUT2D eigenvalue weighted by molar-refractivity contribution is -0.115. The van der Waals surface area contributed by atoms with Gasteiger partial charge in [0.05, 0.1) is 27.3 Å². The Morgan fingerprint density at radius 2 is 1.90 bits per heavy atom. The van der Waals surface area contributed by atoms with Gasteiger partial charge in [0, 0.05) is 6.54 Å². The maximum Gasteiger partial charge on any atom is 0.263 e. The molecule has 2 N–H and O–H groups in total. The molecule has 1 aromatic carbocycles. The average Bonchev–Trinajstić information content (AvgIpc) is 3.50. The molecule has 1 saturated carbocycles. The molecule has 8 heteroatoms. The number of aromatic nitrogens is 3. The molecule has 0 unspecified atom stereocenters. The number of anilines is 1. The van der Waals surface area contributed by atoms with Gasteiger partial charge in [-0.2, -0.15) is 0 Å². The molecule has 0 spiro atoms. The molecule has 3 aromatic rings. The van der Waals surface area contributed by atoms with Crippen LogP contribution in [0.25, 0.3) is 28.5 Å². The zero-order valence-electron chi connectivity index (χ0n) is 15.4. The van der Waals surface area contributed by atoms with Crippen LogP contribution in [0.4, 0.5) is 5.82 Å². The SMILES string of the molecule is O=C1NC(=S)SC1=Cc1cccc(-c2nc3ccccc3nc2NCC2CC2)n1. The molecule has 2 aliphatic rings. The number of thiocarbonyl (C=S) groups is 1. The van der Waals surface area contributed by atoms with Crippen molar-refractivity contribution < 1.29 is 4.79 Å². The van der Waals surface area contributed by atoms with Crippen LogP contribution in [0, 0.1) is 5.92 Å².